The highest BCUT2D eigenvalue weighted by molar-refractivity contribution is 9.10. The SMILES string of the molecule is Cn1cccc1C(=O)NCc1ccc(Br)cc1. The number of halogens is 1. The monoisotopic (exact) mass is 292 g/mol. The number of rotatable bonds is 3. The first-order chi connectivity index (χ1) is 8.16. The Morgan fingerprint density at radius 2 is 2.00 bits per heavy atom. The predicted octanol–water partition coefficient (Wildman–Crippen LogP) is 2.72. The number of aryl methyl sites for hydroxylation is 1. The van der Waals surface area contributed by atoms with E-state index in [0.717, 1.165) is 10.0 Å². The molecule has 1 N–H and O–H groups in total. The van der Waals surface area contributed by atoms with Crippen LogP contribution in [0, 0.1) is 0 Å². The number of aromatic nitrogens is 1. The molecule has 2 rings (SSSR count). The van der Waals surface area contributed by atoms with Crippen LogP contribution < -0.4 is 5.32 Å². The van der Waals surface area contributed by atoms with Crippen LogP contribution in [0.25, 0.3) is 0 Å². The highest BCUT2D eigenvalue weighted by Crippen LogP contribution is 2.10. The summed E-state index contributed by atoms with van der Waals surface area (Å²) in [6.07, 6.45) is 1.86. The third-order valence-corrected chi connectivity index (χ3v) is 3.07. The topological polar surface area (TPSA) is 34.0 Å². The van der Waals surface area contributed by atoms with E-state index in [1.807, 2.05) is 43.6 Å². The molecule has 0 unspecified atom stereocenters. The number of hydrogen-bond donors (Lipinski definition) is 1. The fraction of sp³-hybridized carbons (Fsp3) is 0.154. The van der Waals surface area contributed by atoms with Gasteiger partial charge in [0.25, 0.3) is 5.91 Å². The Bertz CT molecular complexity index is 516. The summed E-state index contributed by atoms with van der Waals surface area (Å²) in [5.74, 6) is -0.0552. The lowest BCUT2D eigenvalue weighted by Crippen LogP contribution is -2.24. The van der Waals surface area contributed by atoms with Crippen LogP contribution in [-0.4, -0.2) is 10.5 Å². The van der Waals surface area contributed by atoms with Gasteiger partial charge in [-0.1, -0.05) is 28.1 Å². The molecule has 1 aromatic carbocycles. The van der Waals surface area contributed by atoms with Crippen molar-refractivity contribution in [1.29, 1.82) is 0 Å². The fourth-order valence-corrected chi connectivity index (χ4v) is 1.84. The molecule has 0 aliphatic heterocycles. The first-order valence-corrected chi connectivity index (χ1v) is 6.10. The van der Waals surface area contributed by atoms with Gasteiger partial charge in [-0.25, -0.2) is 0 Å². The maximum Gasteiger partial charge on any atom is 0.268 e. The lowest BCUT2D eigenvalue weighted by atomic mass is 10.2. The minimum Gasteiger partial charge on any atom is -0.347 e. The van der Waals surface area contributed by atoms with Crippen LogP contribution in [0.5, 0.6) is 0 Å². The van der Waals surface area contributed by atoms with E-state index in [1.54, 1.807) is 10.6 Å². The van der Waals surface area contributed by atoms with E-state index in [0.29, 0.717) is 12.2 Å². The molecule has 1 amide bonds. The van der Waals surface area contributed by atoms with Crippen molar-refractivity contribution in [2.24, 2.45) is 7.05 Å². The standard InChI is InChI=1S/C13H13BrN2O/c1-16-8-2-3-12(16)13(17)15-9-10-4-6-11(14)7-5-10/h2-8H,9H2,1H3,(H,15,17). The van der Waals surface area contributed by atoms with Gasteiger partial charge in [0.2, 0.25) is 0 Å². The smallest absolute Gasteiger partial charge is 0.268 e. The van der Waals surface area contributed by atoms with Crippen LogP contribution in [0.2, 0.25) is 0 Å². The molecule has 0 radical (unpaired) electrons. The predicted molar refractivity (Wildman–Crippen MR) is 70.7 cm³/mol. The maximum absolute atomic E-state index is 11.8. The lowest BCUT2D eigenvalue weighted by molar-refractivity contribution is 0.0943. The Kier molecular flexibility index (Phi) is 3.64. The fourth-order valence-electron chi connectivity index (χ4n) is 1.57. The third-order valence-electron chi connectivity index (χ3n) is 2.54. The highest BCUT2D eigenvalue weighted by Gasteiger charge is 2.07. The molecule has 1 aromatic heterocycles. The maximum atomic E-state index is 11.8. The summed E-state index contributed by atoms with van der Waals surface area (Å²) >= 11 is 3.38. The van der Waals surface area contributed by atoms with Gasteiger partial charge in [0, 0.05) is 24.3 Å². The molecule has 1 heterocycles. The quantitative estimate of drug-likeness (QED) is 0.927. The Balaban J connectivity index is 1.97. The second kappa shape index (κ2) is 5.19. The first kappa shape index (κ1) is 11.9. The number of carbonyl (C=O) groups excluding carboxylic acids is 1. The summed E-state index contributed by atoms with van der Waals surface area (Å²) in [4.78, 5) is 11.8. The Morgan fingerprint density at radius 3 is 2.59 bits per heavy atom. The third kappa shape index (κ3) is 2.97. The molecule has 17 heavy (non-hydrogen) atoms. The van der Waals surface area contributed by atoms with Gasteiger partial charge in [0.15, 0.2) is 0 Å². The normalized spacial score (nSPS) is 10.2. The average molecular weight is 293 g/mol. The van der Waals surface area contributed by atoms with Crippen molar-refractivity contribution < 1.29 is 4.79 Å². The van der Waals surface area contributed by atoms with E-state index < -0.39 is 0 Å². The van der Waals surface area contributed by atoms with E-state index in [9.17, 15) is 4.79 Å². The average Bonchev–Trinajstić information content (AvgIpc) is 2.74. The second-order valence-corrected chi connectivity index (χ2v) is 4.73. The molecule has 3 nitrogen and oxygen atoms in total. The van der Waals surface area contributed by atoms with Crippen molar-refractivity contribution in [2.45, 2.75) is 6.54 Å². The van der Waals surface area contributed by atoms with Gasteiger partial charge in [-0.3, -0.25) is 4.79 Å². The van der Waals surface area contributed by atoms with E-state index in [4.69, 9.17) is 0 Å². The summed E-state index contributed by atoms with van der Waals surface area (Å²) in [6.45, 7) is 0.539. The molecule has 2 aromatic rings. The molecule has 0 aliphatic carbocycles. The molecular weight excluding hydrogens is 280 g/mol. The molecular formula is C13H13BrN2O. The van der Waals surface area contributed by atoms with Crippen LogP contribution in [0.4, 0.5) is 0 Å². The molecule has 0 bridgehead atoms. The Labute approximate surface area is 109 Å². The van der Waals surface area contributed by atoms with Gasteiger partial charge in [0.05, 0.1) is 0 Å². The van der Waals surface area contributed by atoms with Crippen molar-refractivity contribution in [3.63, 3.8) is 0 Å². The molecule has 0 aliphatic rings. The van der Waals surface area contributed by atoms with Crippen molar-refractivity contribution in [3.8, 4) is 0 Å². The largest absolute Gasteiger partial charge is 0.347 e. The summed E-state index contributed by atoms with van der Waals surface area (Å²) in [5.41, 5.74) is 1.75. The summed E-state index contributed by atoms with van der Waals surface area (Å²) in [7, 11) is 1.86. The Hall–Kier alpha value is -1.55. The molecule has 0 atom stereocenters. The van der Waals surface area contributed by atoms with E-state index in [2.05, 4.69) is 21.2 Å². The molecule has 0 fully saturated rings. The molecule has 0 saturated heterocycles. The number of hydrogen-bond acceptors (Lipinski definition) is 1. The summed E-state index contributed by atoms with van der Waals surface area (Å²) in [6, 6.07) is 11.5. The van der Waals surface area contributed by atoms with Gasteiger partial charge in [-0.15, -0.1) is 0 Å². The minimum atomic E-state index is -0.0552. The zero-order valence-corrected chi connectivity index (χ0v) is 11.1. The first-order valence-electron chi connectivity index (χ1n) is 5.31. The molecule has 4 heteroatoms. The van der Waals surface area contributed by atoms with E-state index >= 15 is 0 Å². The molecule has 0 spiro atoms. The van der Waals surface area contributed by atoms with Crippen molar-refractivity contribution in [2.75, 3.05) is 0 Å². The summed E-state index contributed by atoms with van der Waals surface area (Å²) < 4.78 is 2.84. The van der Waals surface area contributed by atoms with E-state index in [-0.39, 0.29) is 5.91 Å². The Morgan fingerprint density at radius 1 is 1.29 bits per heavy atom. The van der Waals surface area contributed by atoms with Crippen LogP contribution in [0.15, 0.2) is 47.1 Å². The summed E-state index contributed by atoms with van der Waals surface area (Å²) in [5, 5.41) is 2.89. The van der Waals surface area contributed by atoms with Gasteiger partial charge in [-0.2, -0.15) is 0 Å². The second-order valence-electron chi connectivity index (χ2n) is 3.81. The highest BCUT2D eigenvalue weighted by atomic mass is 79.9. The van der Waals surface area contributed by atoms with Gasteiger partial charge >= 0.3 is 0 Å². The number of nitrogens with one attached hydrogen (secondary N) is 1. The van der Waals surface area contributed by atoms with Gasteiger partial charge in [0.1, 0.15) is 5.69 Å². The van der Waals surface area contributed by atoms with Gasteiger partial charge in [-0.05, 0) is 29.8 Å². The number of amides is 1. The number of benzene rings is 1. The number of nitrogens with zero attached hydrogens (tertiary/aromatic N) is 1. The minimum absolute atomic E-state index is 0.0552. The zero-order valence-electron chi connectivity index (χ0n) is 9.48. The van der Waals surface area contributed by atoms with Crippen molar-refractivity contribution >= 4 is 21.8 Å². The molecule has 0 saturated carbocycles. The van der Waals surface area contributed by atoms with Crippen LogP contribution in [0.3, 0.4) is 0 Å². The van der Waals surface area contributed by atoms with Crippen molar-refractivity contribution in [1.82, 2.24) is 9.88 Å². The number of carbonyl (C=O) groups is 1. The van der Waals surface area contributed by atoms with Crippen molar-refractivity contribution in [3.05, 3.63) is 58.3 Å². The van der Waals surface area contributed by atoms with E-state index in [1.165, 1.54) is 0 Å². The van der Waals surface area contributed by atoms with Crippen LogP contribution >= 0.6 is 15.9 Å². The van der Waals surface area contributed by atoms with Crippen LogP contribution in [0.1, 0.15) is 16.1 Å². The molecule has 88 valence electrons. The zero-order chi connectivity index (χ0) is 12.3. The van der Waals surface area contributed by atoms with Crippen LogP contribution in [-0.2, 0) is 13.6 Å². The lowest BCUT2D eigenvalue weighted by Gasteiger charge is -2.06. The van der Waals surface area contributed by atoms with Gasteiger partial charge < -0.3 is 9.88 Å².